The fourth-order valence-electron chi connectivity index (χ4n) is 2.06. The standard InChI is InChI=1S/C13H23N3/c1-9(2)8-12(14)6-7-13-10(3)15-16(5)11(13)4/h12H,1,6-8,14H2,2-5H3. The summed E-state index contributed by atoms with van der Waals surface area (Å²) in [7, 11) is 1.99. The molecule has 0 aromatic carbocycles. The van der Waals surface area contributed by atoms with Crippen LogP contribution in [0, 0.1) is 13.8 Å². The molecular weight excluding hydrogens is 198 g/mol. The van der Waals surface area contributed by atoms with Gasteiger partial charge in [0, 0.05) is 18.8 Å². The van der Waals surface area contributed by atoms with Crippen LogP contribution in [0.3, 0.4) is 0 Å². The molecule has 1 aromatic rings. The number of hydrogen-bond acceptors (Lipinski definition) is 2. The first kappa shape index (κ1) is 13.0. The van der Waals surface area contributed by atoms with Gasteiger partial charge in [0.1, 0.15) is 0 Å². The Kier molecular flexibility index (Phi) is 4.30. The first-order valence-corrected chi connectivity index (χ1v) is 5.80. The van der Waals surface area contributed by atoms with Gasteiger partial charge >= 0.3 is 0 Å². The van der Waals surface area contributed by atoms with E-state index >= 15 is 0 Å². The average Bonchev–Trinajstić information content (AvgIpc) is 2.38. The molecule has 0 amide bonds. The quantitative estimate of drug-likeness (QED) is 0.775. The van der Waals surface area contributed by atoms with Crippen molar-refractivity contribution >= 4 is 0 Å². The lowest BCUT2D eigenvalue weighted by molar-refractivity contribution is 0.606. The molecule has 0 fully saturated rings. The van der Waals surface area contributed by atoms with Crippen molar-refractivity contribution in [3.63, 3.8) is 0 Å². The molecule has 1 aromatic heterocycles. The van der Waals surface area contributed by atoms with Crippen LogP contribution in [0.15, 0.2) is 12.2 Å². The lowest BCUT2D eigenvalue weighted by Gasteiger charge is -2.11. The largest absolute Gasteiger partial charge is 0.327 e. The molecule has 3 nitrogen and oxygen atoms in total. The van der Waals surface area contributed by atoms with Crippen LogP contribution in [-0.4, -0.2) is 15.8 Å². The normalized spacial score (nSPS) is 12.8. The van der Waals surface area contributed by atoms with Gasteiger partial charge in [0.15, 0.2) is 0 Å². The summed E-state index contributed by atoms with van der Waals surface area (Å²) >= 11 is 0. The molecule has 16 heavy (non-hydrogen) atoms. The maximum atomic E-state index is 6.04. The van der Waals surface area contributed by atoms with Gasteiger partial charge in [-0.3, -0.25) is 4.68 Å². The average molecular weight is 221 g/mol. The summed E-state index contributed by atoms with van der Waals surface area (Å²) < 4.78 is 1.94. The summed E-state index contributed by atoms with van der Waals surface area (Å²) in [4.78, 5) is 0. The molecule has 0 aliphatic heterocycles. The van der Waals surface area contributed by atoms with E-state index in [-0.39, 0.29) is 6.04 Å². The highest BCUT2D eigenvalue weighted by molar-refractivity contribution is 5.24. The van der Waals surface area contributed by atoms with Gasteiger partial charge in [-0.1, -0.05) is 5.57 Å². The Morgan fingerprint density at radius 3 is 2.56 bits per heavy atom. The van der Waals surface area contributed by atoms with Gasteiger partial charge in [0.25, 0.3) is 0 Å². The first-order chi connectivity index (χ1) is 7.41. The number of hydrogen-bond donors (Lipinski definition) is 1. The van der Waals surface area contributed by atoms with Crippen LogP contribution in [0.4, 0.5) is 0 Å². The minimum Gasteiger partial charge on any atom is -0.327 e. The third kappa shape index (κ3) is 3.20. The molecule has 0 bridgehead atoms. The Hall–Kier alpha value is -1.09. The topological polar surface area (TPSA) is 43.8 Å². The summed E-state index contributed by atoms with van der Waals surface area (Å²) in [6.45, 7) is 10.1. The van der Waals surface area contributed by atoms with Gasteiger partial charge in [-0.05, 0) is 45.6 Å². The minimum absolute atomic E-state index is 0.219. The van der Waals surface area contributed by atoms with Crippen LogP contribution < -0.4 is 5.73 Å². The smallest absolute Gasteiger partial charge is 0.0628 e. The van der Waals surface area contributed by atoms with Gasteiger partial charge in [-0.15, -0.1) is 6.58 Å². The zero-order valence-corrected chi connectivity index (χ0v) is 10.9. The molecule has 0 radical (unpaired) electrons. The van der Waals surface area contributed by atoms with Gasteiger partial charge in [-0.2, -0.15) is 5.10 Å². The molecule has 0 spiro atoms. The van der Waals surface area contributed by atoms with E-state index in [1.54, 1.807) is 0 Å². The molecule has 0 aliphatic carbocycles. The van der Waals surface area contributed by atoms with Gasteiger partial charge < -0.3 is 5.73 Å². The summed E-state index contributed by atoms with van der Waals surface area (Å²) in [5.74, 6) is 0. The van der Waals surface area contributed by atoms with Crippen molar-refractivity contribution in [3.05, 3.63) is 29.1 Å². The lowest BCUT2D eigenvalue weighted by atomic mass is 10.0. The molecule has 1 atom stereocenters. The van der Waals surface area contributed by atoms with Crippen LogP contribution in [0.5, 0.6) is 0 Å². The number of nitrogens with two attached hydrogens (primary N) is 1. The van der Waals surface area contributed by atoms with Crippen LogP contribution in [-0.2, 0) is 13.5 Å². The lowest BCUT2D eigenvalue weighted by Crippen LogP contribution is -2.21. The summed E-state index contributed by atoms with van der Waals surface area (Å²) in [5, 5.41) is 4.41. The molecule has 0 saturated carbocycles. The monoisotopic (exact) mass is 221 g/mol. The van der Waals surface area contributed by atoms with E-state index in [9.17, 15) is 0 Å². The predicted octanol–water partition coefficient (Wildman–Crippen LogP) is 2.26. The maximum absolute atomic E-state index is 6.04. The van der Waals surface area contributed by atoms with Crippen molar-refractivity contribution in [2.75, 3.05) is 0 Å². The van der Waals surface area contributed by atoms with Crippen molar-refractivity contribution in [1.29, 1.82) is 0 Å². The molecule has 1 unspecified atom stereocenters. The van der Waals surface area contributed by atoms with Crippen LogP contribution >= 0.6 is 0 Å². The summed E-state index contributed by atoms with van der Waals surface area (Å²) in [6.07, 6.45) is 2.93. The van der Waals surface area contributed by atoms with Crippen LogP contribution in [0.1, 0.15) is 36.7 Å². The number of aryl methyl sites for hydroxylation is 2. The molecule has 90 valence electrons. The minimum atomic E-state index is 0.219. The van der Waals surface area contributed by atoms with Gasteiger partial charge in [0.05, 0.1) is 5.69 Å². The SMILES string of the molecule is C=C(C)CC(N)CCc1c(C)nn(C)c1C. The highest BCUT2D eigenvalue weighted by Gasteiger charge is 2.11. The van der Waals surface area contributed by atoms with Crippen LogP contribution in [0.25, 0.3) is 0 Å². The van der Waals surface area contributed by atoms with Crippen molar-refractivity contribution in [3.8, 4) is 0 Å². The number of rotatable bonds is 5. The second-order valence-corrected chi connectivity index (χ2v) is 4.73. The van der Waals surface area contributed by atoms with E-state index in [2.05, 4.69) is 25.5 Å². The third-order valence-corrected chi connectivity index (χ3v) is 3.03. The van der Waals surface area contributed by atoms with Crippen molar-refractivity contribution < 1.29 is 0 Å². The Balaban J connectivity index is 2.57. The fourth-order valence-corrected chi connectivity index (χ4v) is 2.06. The van der Waals surface area contributed by atoms with E-state index in [1.165, 1.54) is 11.3 Å². The molecule has 1 heterocycles. The summed E-state index contributed by atoms with van der Waals surface area (Å²) in [5.41, 5.74) is 10.9. The third-order valence-electron chi connectivity index (χ3n) is 3.03. The molecule has 0 saturated heterocycles. The predicted molar refractivity (Wildman–Crippen MR) is 68.4 cm³/mol. The molecular formula is C13H23N3. The fraction of sp³-hybridized carbons (Fsp3) is 0.615. The zero-order valence-electron chi connectivity index (χ0n) is 10.9. The first-order valence-electron chi connectivity index (χ1n) is 5.80. The van der Waals surface area contributed by atoms with Crippen molar-refractivity contribution in [2.45, 2.75) is 46.1 Å². The highest BCUT2D eigenvalue weighted by atomic mass is 15.3. The van der Waals surface area contributed by atoms with Crippen molar-refractivity contribution in [1.82, 2.24) is 9.78 Å². The number of nitrogens with zero attached hydrogens (tertiary/aromatic N) is 2. The Labute approximate surface area is 98.3 Å². The van der Waals surface area contributed by atoms with E-state index in [4.69, 9.17) is 5.73 Å². The summed E-state index contributed by atoms with van der Waals surface area (Å²) in [6, 6.07) is 0.219. The molecule has 1 rings (SSSR count). The maximum Gasteiger partial charge on any atom is 0.0628 e. The second-order valence-electron chi connectivity index (χ2n) is 4.73. The van der Waals surface area contributed by atoms with Gasteiger partial charge in [0.2, 0.25) is 0 Å². The van der Waals surface area contributed by atoms with E-state index in [1.807, 2.05) is 18.7 Å². The Bertz CT molecular complexity index is 377. The van der Waals surface area contributed by atoms with E-state index in [0.29, 0.717) is 0 Å². The molecule has 3 heteroatoms. The number of aromatic nitrogens is 2. The highest BCUT2D eigenvalue weighted by Crippen LogP contribution is 2.16. The Morgan fingerprint density at radius 1 is 1.50 bits per heavy atom. The van der Waals surface area contributed by atoms with E-state index in [0.717, 1.165) is 30.5 Å². The second kappa shape index (κ2) is 5.30. The van der Waals surface area contributed by atoms with E-state index < -0.39 is 0 Å². The van der Waals surface area contributed by atoms with Crippen LogP contribution in [0.2, 0.25) is 0 Å². The zero-order chi connectivity index (χ0) is 12.3. The molecule has 2 N–H and O–H groups in total. The Morgan fingerprint density at radius 2 is 2.12 bits per heavy atom. The molecule has 0 aliphatic rings. The van der Waals surface area contributed by atoms with Gasteiger partial charge in [-0.25, -0.2) is 0 Å². The van der Waals surface area contributed by atoms with Crippen molar-refractivity contribution in [2.24, 2.45) is 12.8 Å².